The molecule has 19 heavy (non-hydrogen) atoms. The molecule has 2 aromatic rings. The molecule has 1 atom stereocenters. The van der Waals surface area contributed by atoms with Crippen molar-refractivity contribution in [2.24, 2.45) is 0 Å². The first-order valence-corrected chi connectivity index (χ1v) is 7.06. The Balaban J connectivity index is 1.48. The third-order valence-corrected chi connectivity index (χ3v) is 3.30. The van der Waals surface area contributed by atoms with Crippen LogP contribution in [0.25, 0.3) is 0 Å². The summed E-state index contributed by atoms with van der Waals surface area (Å²) >= 11 is 0. The molecule has 0 saturated carbocycles. The molecule has 0 radical (unpaired) electrons. The van der Waals surface area contributed by atoms with E-state index in [1.807, 2.05) is 30.9 Å². The lowest BCUT2D eigenvalue weighted by Gasteiger charge is -2.12. The van der Waals surface area contributed by atoms with E-state index in [0.717, 1.165) is 31.7 Å². The predicted molar refractivity (Wildman–Crippen MR) is 76.0 cm³/mol. The van der Waals surface area contributed by atoms with Crippen molar-refractivity contribution in [3.8, 4) is 0 Å². The Hall–Kier alpha value is -1.55. The van der Waals surface area contributed by atoms with Gasteiger partial charge in [-0.25, -0.2) is 4.98 Å². The minimum atomic E-state index is 0.540. The quantitative estimate of drug-likeness (QED) is 0.706. The Labute approximate surface area is 114 Å². The van der Waals surface area contributed by atoms with Gasteiger partial charge < -0.3 is 14.3 Å². The number of unbranched alkanes of at least 4 members (excludes halogenated alkanes) is 1. The van der Waals surface area contributed by atoms with E-state index in [2.05, 4.69) is 21.8 Å². The molecule has 4 nitrogen and oxygen atoms in total. The van der Waals surface area contributed by atoms with Gasteiger partial charge in [-0.2, -0.15) is 0 Å². The number of nitrogens with zero attached hydrogens (tertiary/aromatic N) is 2. The van der Waals surface area contributed by atoms with E-state index in [1.54, 1.807) is 6.26 Å². The standard InChI is InChI=1S/C15H23N3O/c1-14(6-7-15-5-4-12-19-15)17-8-2-3-10-18-11-9-16-13-18/h4-5,9,11-14,17H,2-3,6-8,10H2,1H3. The second kappa shape index (κ2) is 7.79. The van der Waals surface area contributed by atoms with Gasteiger partial charge in [0, 0.05) is 31.4 Å². The normalized spacial score (nSPS) is 12.7. The van der Waals surface area contributed by atoms with E-state index in [1.165, 1.54) is 12.8 Å². The van der Waals surface area contributed by atoms with Crippen LogP contribution in [0.2, 0.25) is 0 Å². The third-order valence-electron chi connectivity index (χ3n) is 3.30. The first-order valence-electron chi connectivity index (χ1n) is 7.06. The fourth-order valence-corrected chi connectivity index (χ4v) is 2.10. The average Bonchev–Trinajstić information content (AvgIpc) is 3.09. The van der Waals surface area contributed by atoms with Crippen molar-refractivity contribution >= 4 is 0 Å². The lowest BCUT2D eigenvalue weighted by atomic mass is 10.1. The third kappa shape index (κ3) is 5.30. The molecular formula is C15H23N3O. The second-order valence-electron chi connectivity index (χ2n) is 4.98. The van der Waals surface area contributed by atoms with Crippen LogP contribution >= 0.6 is 0 Å². The molecule has 0 aromatic carbocycles. The van der Waals surface area contributed by atoms with E-state index in [-0.39, 0.29) is 0 Å². The SMILES string of the molecule is CC(CCc1ccco1)NCCCCn1ccnc1. The van der Waals surface area contributed by atoms with Crippen molar-refractivity contribution in [1.82, 2.24) is 14.9 Å². The molecule has 4 heteroatoms. The Morgan fingerprint density at radius 1 is 1.42 bits per heavy atom. The van der Waals surface area contributed by atoms with Crippen LogP contribution in [0.5, 0.6) is 0 Å². The summed E-state index contributed by atoms with van der Waals surface area (Å²) in [6.07, 6.45) is 12.0. The molecule has 2 rings (SSSR count). The lowest BCUT2D eigenvalue weighted by molar-refractivity contribution is 0.452. The van der Waals surface area contributed by atoms with Gasteiger partial charge in [-0.15, -0.1) is 0 Å². The number of aryl methyl sites for hydroxylation is 2. The van der Waals surface area contributed by atoms with Gasteiger partial charge in [0.05, 0.1) is 12.6 Å². The summed E-state index contributed by atoms with van der Waals surface area (Å²) in [5, 5.41) is 3.56. The minimum absolute atomic E-state index is 0.540. The molecule has 0 amide bonds. The Morgan fingerprint density at radius 3 is 3.11 bits per heavy atom. The summed E-state index contributed by atoms with van der Waals surface area (Å²) in [7, 11) is 0. The highest BCUT2D eigenvalue weighted by Gasteiger charge is 2.03. The molecule has 0 fully saturated rings. The number of aromatic nitrogens is 2. The maximum atomic E-state index is 5.33. The van der Waals surface area contributed by atoms with Crippen LogP contribution in [0.15, 0.2) is 41.5 Å². The number of nitrogens with one attached hydrogen (secondary N) is 1. The van der Waals surface area contributed by atoms with Crippen molar-refractivity contribution in [2.75, 3.05) is 6.54 Å². The zero-order valence-corrected chi connectivity index (χ0v) is 11.6. The fourth-order valence-electron chi connectivity index (χ4n) is 2.10. The molecule has 0 bridgehead atoms. The maximum Gasteiger partial charge on any atom is 0.103 e. The topological polar surface area (TPSA) is 43.0 Å². The molecule has 0 saturated heterocycles. The van der Waals surface area contributed by atoms with Crippen molar-refractivity contribution in [2.45, 2.75) is 45.2 Å². The van der Waals surface area contributed by atoms with Gasteiger partial charge in [-0.3, -0.25) is 0 Å². The van der Waals surface area contributed by atoms with Crippen LogP contribution in [-0.2, 0) is 13.0 Å². The van der Waals surface area contributed by atoms with Gasteiger partial charge in [0.2, 0.25) is 0 Å². The predicted octanol–water partition coefficient (Wildman–Crippen LogP) is 2.87. The Kier molecular flexibility index (Phi) is 5.69. The van der Waals surface area contributed by atoms with E-state index < -0.39 is 0 Å². The molecule has 1 unspecified atom stereocenters. The lowest BCUT2D eigenvalue weighted by Crippen LogP contribution is -2.27. The van der Waals surface area contributed by atoms with Crippen molar-refractivity contribution in [1.29, 1.82) is 0 Å². The van der Waals surface area contributed by atoms with E-state index >= 15 is 0 Å². The summed E-state index contributed by atoms with van der Waals surface area (Å²) in [5.74, 6) is 1.08. The molecule has 0 aliphatic carbocycles. The maximum absolute atomic E-state index is 5.33. The van der Waals surface area contributed by atoms with Crippen LogP contribution in [-0.4, -0.2) is 22.1 Å². The number of rotatable bonds is 9. The molecule has 2 aromatic heterocycles. The molecule has 1 N–H and O–H groups in total. The Bertz CT molecular complexity index is 422. The van der Waals surface area contributed by atoms with Crippen LogP contribution in [0, 0.1) is 0 Å². The zero-order chi connectivity index (χ0) is 13.3. The Morgan fingerprint density at radius 2 is 2.37 bits per heavy atom. The zero-order valence-electron chi connectivity index (χ0n) is 11.6. The number of hydrogen-bond acceptors (Lipinski definition) is 3. The molecule has 0 aliphatic heterocycles. The van der Waals surface area contributed by atoms with Crippen molar-refractivity contribution in [3.05, 3.63) is 42.9 Å². The summed E-state index contributed by atoms with van der Waals surface area (Å²) in [5.41, 5.74) is 0. The van der Waals surface area contributed by atoms with Gasteiger partial charge in [-0.05, 0) is 44.9 Å². The van der Waals surface area contributed by atoms with Crippen LogP contribution in [0.4, 0.5) is 0 Å². The first kappa shape index (κ1) is 13.9. The molecule has 0 aliphatic rings. The second-order valence-corrected chi connectivity index (χ2v) is 4.98. The minimum Gasteiger partial charge on any atom is -0.469 e. The summed E-state index contributed by atoms with van der Waals surface area (Å²) in [6, 6.07) is 4.53. The summed E-state index contributed by atoms with van der Waals surface area (Å²) in [4.78, 5) is 4.04. The van der Waals surface area contributed by atoms with Crippen LogP contribution < -0.4 is 5.32 Å². The summed E-state index contributed by atoms with van der Waals surface area (Å²) in [6.45, 7) is 4.37. The monoisotopic (exact) mass is 261 g/mol. The van der Waals surface area contributed by atoms with Crippen LogP contribution in [0.3, 0.4) is 0 Å². The first-order chi connectivity index (χ1) is 9.34. The molecule has 104 valence electrons. The highest BCUT2D eigenvalue weighted by molar-refractivity contribution is 4.98. The molecular weight excluding hydrogens is 238 g/mol. The average molecular weight is 261 g/mol. The van der Waals surface area contributed by atoms with Crippen molar-refractivity contribution in [3.63, 3.8) is 0 Å². The van der Waals surface area contributed by atoms with E-state index in [9.17, 15) is 0 Å². The smallest absolute Gasteiger partial charge is 0.103 e. The number of imidazole rings is 1. The van der Waals surface area contributed by atoms with Gasteiger partial charge in [0.15, 0.2) is 0 Å². The molecule has 2 heterocycles. The van der Waals surface area contributed by atoms with Gasteiger partial charge >= 0.3 is 0 Å². The van der Waals surface area contributed by atoms with Crippen molar-refractivity contribution < 1.29 is 4.42 Å². The van der Waals surface area contributed by atoms with E-state index in [4.69, 9.17) is 4.42 Å². The summed E-state index contributed by atoms with van der Waals surface area (Å²) < 4.78 is 7.46. The largest absolute Gasteiger partial charge is 0.469 e. The number of furan rings is 1. The highest BCUT2D eigenvalue weighted by atomic mass is 16.3. The molecule has 0 spiro atoms. The van der Waals surface area contributed by atoms with Gasteiger partial charge in [0.25, 0.3) is 0 Å². The number of hydrogen-bond donors (Lipinski definition) is 1. The van der Waals surface area contributed by atoms with Gasteiger partial charge in [0.1, 0.15) is 5.76 Å². The van der Waals surface area contributed by atoms with Crippen LogP contribution in [0.1, 0.15) is 31.9 Å². The highest BCUT2D eigenvalue weighted by Crippen LogP contribution is 2.05. The van der Waals surface area contributed by atoms with Gasteiger partial charge in [-0.1, -0.05) is 0 Å². The van der Waals surface area contributed by atoms with E-state index in [0.29, 0.717) is 6.04 Å². The fraction of sp³-hybridized carbons (Fsp3) is 0.533.